The monoisotopic (exact) mass is 406 g/mol. The molecule has 0 saturated carbocycles. The van der Waals surface area contributed by atoms with E-state index in [1.807, 2.05) is 0 Å². The molecular formula is C24H16F2O2S. The maximum Gasteiger partial charge on any atom is 0.206 e. The predicted molar refractivity (Wildman–Crippen MR) is 109 cm³/mol. The molecule has 29 heavy (non-hydrogen) atoms. The highest BCUT2D eigenvalue weighted by atomic mass is 32.2. The molecule has 0 amide bonds. The largest absolute Gasteiger partial charge is 0.219 e. The number of benzene rings is 4. The number of rotatable bonds is 4. The summed E-state index contributed by atoms with van der Waals surface area (Å²) in [6.45, 7) is 0. The normalized spacial score (nSPS) is 11.4. The molecule has 0 atom stereocenters. The Morgan fingerprint density at radius 1 is 0.414 bits per heavy atom. The standard InChI is InChI=1S/C24H16F2O2S/c25-21-9-1-17(2-10-21)19-5-13-23(14-6-19)29(27,28)24-15-7-20(8-16-24)18-3-11-22(26)12-4-18/h1-16H. The highest BCUT2D eigenvalue weighted by Crippen LogP contribution is 2.27. The highest BCUT2D eigenvalue weighted by Gasteiger charge is 2.17. The Labute approximate surface area is 168 Å². The first-order chi connectivity index (χ1) is 13.9. The molecule has 0 bridgehead atoms. The topological polar surface area (TPSA) is 34.1 Å². The van der Waals surface area contributed by atoms with Crippen molar-refractivity contribution in [3.05, 3.63) is 109 Å². The van der Waals surface area contributed by atoms with Crippen LogP contribution >= 0.6 is 0 Å². The van der Waals surface area contributed by atoms with Crippen LogP contribution in [0.15, 0.2) is 107 Å². The van der Waals surface area contributed by atoms with Gasteiger partial charge < -0.3 is 0 Å². The Hall–Kier alpha value is -3.31. The van der Waals surface area contributed by atoms with Gasteiger partial charge in [-0.15, -0.1) is 0 Å². The second kappa shape index (κ2) is 7.60. The first-order valence-electron chi connectivity index (χ1n) is 8.91. The molecule has 0 spiro atoms. The van der Waals surface area contributed by atoms with Crippen molar-refractivity contribution in [2.45, 2.75) is 9.79 Å². The van der Waals surface area contributed by atoms with Gasteiger partial charge in [-0.2, -0.15) is 0 Å². The molecule has 144 valence electrons. The van der Waals surface area contributed by atoms with Crippen molar-refractivity contribution in [3.63, 3.8) is 0 Å². The lowest BCUT2D eigenvalue weighted by molar-refractivity contribution is 0.596. The van der Waals surface area contributed by atoms with E-state index in [1.165, 1.54) is 24.3 Å². The van der Waals surface area contributed by atoms with Gasteiger partial charge in [0.2, 0.25) is 9.84 Å². The van der Waals surface area contributed by atoms with Gasteiger partial charge >= 0.3 is 0 Å². The first-order valence-corrected chi connectivity index (χ1v) is 10.4. The summed E-state index contributed by atoms with van der Waals surface area (Å²) in [7, 11) is -3.67. The van der Waals surface area contributed by atoms with Crippen molar-refractivity contribution in [3.8, 4) is 22.3 Å². The highest BCUT2D eigenvalue weighted by molar-refractivity contribution is 7.91. The summed E-state index contributed by atoms with van der Waals surface area (Å²) in [4.78, 5) is 0.357. The molecule has 4 rings (SSSR count). The van der Waals surface area contributed by atoms with Gasteiger partial charge in [0.25, 0.3) is 0 Å². The summed E-state index contributed by atoms with van der Waals surface area (Å²) in [6, 6.07) is 25.0. The van der Waals surface area contributed by atoms with Crippen LogP contribution in [0.25, 0.3) is 22.3 Å². The number of hydrogen-bond donors (Lipinski definition) is 0. The molecule has 0 aromatic heterocycles. The minimum atomic E-state index is -3.67. The minimum absolute atomic E-state index is 0.179. The SMILES string of the molecule is O=S(=O)(c1ccc(-c2ccc(F)cc2)cc1)c1ccc(-c2ccc(F)cc2)cc1. The molecule has 0 aliphatic rings. The fourth-order valence-corrected chi connectivity index (χ4v) is 4.33. The maximum atomic E-state index is 13.1. The van der Waals surface area contributed by atoms with Crippen molar-refractivity contribution in [2.24, 2.45) is 0 Å². The summed E-state index contributed by atoms with van der Waals surface area (Å²) in [5.74, 6) is -0.644. The molecule has 0 saturated heterocycles. The van der Waals surface area contributed by atoms with Gasteiger partial charge in [-0.1, -0.05) is 48.5 Å². The van der Waals surface area contributed by atoms with E-state index in [0.717, 1.165) is 22.3 Å². The third-order valence-corrected chi connectivity index (χ3v) is 6.47. The predicted octanol–water partition coefficient (Wildman–Crippen LogP) is 6.13. The van der Waals surface area contributed by atoms with Crippen LogP contribution in [0.3, 0.4) is 0 Å². The minimum Gasteiger partial charge on any atom is -0.219 e. The molecule has 0 heterocycles. The van der Waals surface area contributed by atoms with Crippen molar-refractivity contribution in [1.29, 1.82) is 0 Å². The van der Waals surface area contributed by atoms with Gasteiger partial charge in [-0.25, -0.2) is 17.2 Å². The molecule has 0 aliphatic carbocycles. The van der Waals surface area contributed by atoms with Crippen molar-refractivity contribution >= 4 is 9.84 Å². The van der Waals surface area contributed by atoms with E-state index in [0.29, 0.717) is 0 Å². The Bertz CT molecular complexity index is 1130. The molecule has 0 fully saturated rings. The van der Waals surface area contributed by atoms with E-state index in [4.69, 9.17) is 0 Å². The van der Waals surface area contributed by atoms with E-state index in [1.54, 1.807) is 72.8 Å². The van der Waals surface area contributed by atoms with E-state index in [-0.39, 0.29) is 21.4 Å². The smallest absolute Gasteiger partial charge is 0.206 e. The lowest BCUT2D eigenvalue weighted by Gasteiger charge is -2.08. The van der Waals surface area contributed by atoms with E-state index in [2.05, 4.69) is 0 Å². The zero-order chi connectivity index (χ0) is 20.4. The molecule has 0 unspecified atom stereocenters. The van der Waals surface area contributed by atoms with Crippen molar-refractivity contribution < 1.29 is 17.2 Å². The zero-order valence-electron chi connectivity index (χ0n) is 15.2. The summed E-state index contributed by atoms with van der Waals surface area (Å²) in [6.07, 6.45) is 0. The second-order valence-electron chi connectivity index (χ2n) is 6.57. The van der Waals surface area contributed by atoms with Crippen LogP contribution in [0.5, 0.6) is 0 Å². The number of sulfone groups is 1. The van der Waals surface area contributed by atoms with Crippen LogP contribution in [-0.4, -0.2) is 8.42 Å². The first kappa shape index (κ1) is 19.0. The lowest BCUT2D eigenvalue weighted by Crippen LogP contribution is -2.01. The lowest BCUT2D eigenvalue weighted by atomic mass is 10.1. The van der Waals surface area contributed by atoms with Gasteiger partial charge in [0.15, 0.2) is 0 Å². The third kappa shape index (κ3) is 3.96. The zero-order valence-corrected chi connectivity index (χ0v) is 16.0. The maximum absolute atomic E-state index is 13.1. The molecule has 5 heteroatoms. The van der Waals surface area contributed by atoms with Crippen molar-refractivity contribution in [1.82, 2.24) is 0 Å². The summed E-state index contributed by atoms with van der Waals surface area (Å²) >= 11 is 0. The molecular weight excluding hydrogens is 390 g/mol. The number of hydrogen-bond acceptors (Lipinski definition) is 2. The van der Waals surface area contributed by atoms with E-state index >= 15 is 0 Å². The molecule has 0 radical (unpaired) electrons. The third-order valence-electron chi connectivity index (χ3n) is 4.68. The van der Waals surface area contributed by atoms with Crippen LogP contribution in [0.2, 0.25) is 0 Å². The Morgan fingerprint density at radius 3 is 0.931 bits per heavy atom. The van der Waals surface area contributed by atoms with Crippen LogP contribution in [-0.2, 0) is 9.84 Å². The molecule has 4 aromatic carbocycles. The van der Waals surface area contributed by atoms with Gasteiger partial charge in [0, 0.05) is 0 Å². The van der Waals surface area contributed by atoms with Gasteiger partial charge in [0.05, 0.1) is 9.79 Å². The van der Waals surface area contributed by atoms with Gasteiger partial charge in [-0.3, -0.25) is 0 Å². The molecule has 4 aromatic rings. The average molecular weight is 406 g/mol. The quantitative estimate of drug-likeness (QED) is 0.408. The van der Waals surface area contributed by atoms with Crippen LogP contribution in [0.1, 0.15) is 0 Å². The van der Waals surface area contributed by atoms with Gasteiger partial charge in [0.1, 0.15) is 11.6 Å². The molecule has 0 N–H and O–H groups in total. The Balaban J connectivity index is 1.61. The summed E-state index contributed by atoms with van der Waals surface area (Å²) in [5.41, 5.74) is 3.21. The Kier molecular flexibility index (Phi) is 4.99. The Morgan fingerprint density at radius 2 is 0.655 bits per heavy atom. The van der Waals surface area contributed by atoms with Crippen LogP contribution in [0, 0.1) is 11.6 Å². The summed E-state index contributed by atoms with van der Waals surface area (Å²) < 4.78 is 52.0. The second-order valence-corrected chi connectivity index (χ2v) is 8.52. The van der Waals surface area contributed by atoms with Crippen molar-refractivity contribution in [2.75, 3.05) is 0 Å². The van der Waals surface area contributed by atoms with Gasteiger partial charge in [-0.05, 0) is 70.8 Å². The van der Waals surface area contributed by atoms with E-state index < -0.39 is 9.84 Å². The van der Waals surface area contributed by atoms with Crippen LogP contribution in [0.4, 0.5) is 8.78 Å². The fourth-order valence-electron chi connectivity index (χ4n) is 3.07. The number of halogens is 2. The fraction of sp³-hybridized carbons (Fsp3) is 0. The summed E-state index contributed by atoms with van der Waals surface area (Å²) in [5, 5.41) is 0. The van der Waals surface area contributed by atoms with Crippen LogP contribution < -0.4 is 0 Å². The molecule has 0 aliphatic heterocycles. The average Bonchev–Trinajstić information content (AvgIpc) is 2.75. The molecule has 2 nitrogen and oxygen atoms in total. The van der Waals surface area contributed by atoms with E-state index in [9.17, 15) is 17.2 Å².